The van der Waals surface area contributed by atoms with Gasteiger partial charge in [-0.1, -0.05) is 34.6 Å². The topological polar surface area (TPSA) is 89.7 Å². The highest BCUT2D eigenvalue weighted by molar-refractivity contribution is 6.05. The predicted molar refractivity (Wildman–Crippen MR) is 91.5 cm³/mol. The van der Waals surface area contributed by atoms with Gasteiger partial charge in [-0.05, 0) is 24.7 Å². The van der Waals surface area contributed by atoms with Crippen molar-refractivity contribution in [1.82, 2.24) is 4.90 Å². The Morgan fingerprint density at radius 2 is 1.79 bits per heavy atom. The first kappa shape index (κ1) is 20.2. The molecule has 0 saturated heterocycles. The molecular weight excluding hydrogens is 308 g/mol. The van der Waals surface area contributed by atoms with Gasteiger partial charge >= 0.3 is 0 Å². The minimum Gasteiger partial charge on any atom is -0.499 e. The van der Waals surface area contributed by atoms with Gasteiger partial charge in [-0.25, -0.2) is 0 Å². The Bertz CT molecular complexity index is 525. The van der Waals surface area contributed by atoms with E-state index < -0.39 is 23.8 Å². The van der Waals surface area contributed by atoms with Crippen LogP contribution in [0.4, 0.5) is 0 Å². The highest BCUT2D eigenvalue weighted by atomic mass is 16.5. The molecule has 1 rings (SSSR count). The Labute approximate surface area is 144 Å². The number of imide groups is 1. The van der Waals surface area contributed by atoms with Crippen molar-refractivity contribution in [2.24, 2.45) is 29.4 Å². The smallest absolute Gasteiger partial charge is 0.257 e. The monoisotopic (exact) mass is 338 g/mol. The van der Waals surface area contributed by atoms with Crippen LogP contribution >= 0.6 is 0 Å². The number of carbonyl (C=O) groups excluding carboxylic acids is 3. The average molecular weight is 338 g/mol. The van der Waals surface area contributed by atoms with Crippen molar-refractivity contribution >= 4 is 17.7 Å². The molecule has 0 spiro atoms. The Kier molecular flexibility index (Phi) is 6.99. The van der Waals surface area contributed by atoms with E-state index in [0.29, 0.717) is 18.6 Å². The SMILES string of the molecule is COC1=CC(=O)N(C(=O)[C@H](CC(C)C)C(C)C(N)=O)[C@H]1CC(C)C. The minimum absolute atomic E-state index is 0.205. The fourth-order valence-electron chi connectivity index (χ4n) is 3.10. The van der Waals surface area contributed by atoms with E-state index in [-0.39, 0.29) is 23.7 Å². The Morgan fingerprint density at radius 3 is 2.21 bits per heavy atom. The molecule has 1 heterocycles. The molecule has 0 saturated carbocycles. The molecule has 0 radical (unpaired) electrons. The Balaban J connectivity index is 3.14. The van der Waals surface area contributed by atoms with Crippen LogP contribution in [0.1, 0.15) is 47.5 Å². The average Bonchev–Trinajstić information content (AvgIpc) is 2.78. The van der Waals surface area contributed by atoms with Gasteiger partial charge in [-0.15, -0.1) is 0 Å². The van der Waals surface area contributed by atoms with Crippen molar-refractivity contribution in [1.29, 1.82) is 0 Å². The second kappa shape index (κ2) is 8.31. The van der Waals surface area contributed by atoms with Crippen LogP contribution in [0.2, 0.25) is 0 Å². The molecule has 0 aromatic carbocycles. The fourth-order valence-corrected chi connectivity index (χ4v) is 3.10. The lowest BCUT2D eigenvalue weighted by Gasteiger charge is -2.31. The number of hydrogen-bond donors (Lipinski definition) is 1. The predicted octanol–water partition coefficient (Wildman–Crippen LogP) is 2.08. The maximum absolute atomic E-state index is 13.1. The van der Waals surface area contributed by atoms with E-state index in [2.05, 4.69) is 0 Å². The summed E-state index contributed by atoms with van der Waals surface area (Å²) in [6.07, 6.45) is 2.49. The summed E-state index contributed by atoms with van der Waals surface area (Å²) < 4.78 is 5.30. The van der Waals surface area contributed by atoms with E-state index in [0.717, 1.165) is 0 Å². The van der Waals surface area contributed by atoms with Crippen molar-refractivity contribution < 1.29 is 19.1 Å². The van der Waals surface area contributed by atoms with Crippen LogP contribution in [-0.2, 0) is 19.1 Å². The lowest BCUT2D eigenvalue weighted by atomic mass is 9.84. The molecule has 6 heteroatoms. The lowest BCUT2D eigenvalue weighted by Crippen LogP contribution is -2.47. The molecule has 1 aliphatic heterocycles. The summed E-state index contributed by atoms with van der Waals surface area (Å²) in [6.45, 7) is 9.65. The van der Waals surface area contributed by atoms with Gasteiger partial charge in [0, 0.05) is 12.0 Å². The molecule has 1 aliphatic rings. The second-order valence-corrected chi connectivity index (χ2v) is 7.37. The lowest BCUT2D eigenvalue weighted by molar-refractivity contribution is -0.150. The van der Waals surface area contributed by atoms with Crippen molar-refractivity contribution in [2.45, 2.75) is 53.5 Å². The number of nitrogens with two attached hydrogens (primary N) is 1. The van der Waals surface area contributed by atoms with Crippen molar-refractivity contribution in [3.8, 4) is 0 Å². The molecule has 3 atom stereocenters. The minimum atomic E-state index is -0.626. The first-order chi connectivity index (χ1) is 11.1. The van der Waals surface area contributed by atoms with Crippen LogP contribution in [0.5, 0.6) is 0 Å². The number of amides is 3. The normalized spacial score (nSPS) is 20.3. The van der Waals surface area contributed by atoms with Crippen molar-refractivity contribution in [2.75, 3.05) is 7.11 Å². The standard InChI is InChI=1S/C18H30N2O4/c1-10(2)7-13(12(5)17(19)22)18(23)20-14(8-11(3)4)15(24-6)9-16(20)21/h9-14H,7-8H2,1-6H3,(H2,19,22)/t12?,13-,14+/m1/s1. The van der Waals surface area contributed by atoms with E-state index in [9.17, 15) is 14.4 Å². The molecule has 3 amide bonds. The van der Waals surface area contributed by atoms with Gasteiger partial charge in [-0.2, -0.15) is 0 Å². The number of nitrogens with zero attached hydrogens (tertiary/aromatic N) is 1. The van der Waals surface area contributed by atoms with Crippen molar-refractivity contribution in [3.05, 3.63) is 11.8 Å². The third-order valence-electron chi connectivity index (χ3n) is 4.41. The molecule has 0 fully saturated rings. The fraction of sp³-hybridized carbons (Fsp3) is 0.722. The third-order valence-corrected chi connectivity index (χ3v) is 4.41. The highest BCUT2D eigenvalue weighted by Crippen LogP contribution is 2.31. The van der Waals surface area contributed by atoms with Crippen LogP contribution < -0.4 is 5.73 Å². The van der Waals surface area contributed by atoms with E-state index in [4.69, 9.17) is 10.5 Å². The van der Waals surface area contributed by atoms with Gasteiger partial charge in [-0.3, -0.25) is 19.3 Å². The molecular formula is C18H30N2O4. The zero-order valence-electron chi connectivity index (χ0n) is 15.5. The van der Waals surface area contributed by atoms with Gasteiger partial charge in [0.25, 0.3) is 5.91 Å². The molecule has 6 nitrogen and oxygen atoms in total. The second-order valence-electron chi connectivity index (χ2n) is 7.37. The van der Waals surface area contributed by atoms with Crippen LogP contribution in [0, 0.1) is 23.7 Å². The molecule has 1 unspecified atom stereocenters. The van der Waals surface area contributed by atoms with Crippen LogP contribution in [-0.4, -0.2) is 35.8 Å². The summed E-state index contributed by atoms with van der Waals surface area (Å²) in [5.41, 5.74) is 5.42. The molecule has 0 aliphatic carbocycles. The summed E-state index contributed by atoms with van der Waals surface area (Å²) in [5, 5.41) is 0. The van der Waals surface area contributed by atoms with Gasteiger partial charge in [0.1, 0.15) is 5.76 Å². The summed E-state index contributed by atoms with van der Waals surface area (Å²) in [6, 6.07) is -0.412. The molecule has 0 aromatic rings. The molecule has 0 bridgehead atoms. The molecule has 24 heavy (non-hydrogen) atoms. The van der Waals surface area contributed by atoms with E-state index in [1.165, 1.54) is 18.1 Å². The first-order valence-electron chi connectivity index (χ1n) is 8.52. The summed E-state index contributed by atoms with van der Waals surface area (Å²) in [5.74, 6) is -1.49. The summed E-state index contributed by atoms with van der Waals surface area (Å²) in [7, 11) is 1.50. The highest BCUT2D eigenvalue weighted by Gasteiger charge is 2.43. The van der Waals surface area contributed by atoms with E-state index in [1.54, 1.807) is 6.92 Å². The Hall–Kier alpha value is -1.85. The first-order valence-corrected chi connectivity index (χ1v) is 8.52. The van der Waals surface area contributed by atoms with Gasteiger partial charge < -0.3 is 10.5 Å². The maximum Gasteiger partial charge on any atom is 0.257 e. The molecule has 2 N–H and O–H groups in total. The van der Waals surface area contributed by atoms with Gasteiger partial charge in [0.15, 0.2) is 0 Å². The van der Waals surface area contributed by atoms with E-state index >= 15 is 0 Å². The van der Waals surface area contributed by atoms with Crippen LogP contribution in [0.3, 0.4) is 0 Å². The van der Waals surface area contributed by atoms with Crippen LogP contribution in [0.25, 0.3) is 0 Å². The number of ether oxygens (including phenoxy) is 1. The molecule has 0 aromatic heterocycles. The van der Waals surface area contributed by atoms with Gasteiger partial charge in [0.05, 0.1) is 19.1 Å². The molecule has 136 valence electrons. The van der Waals surface area contributed by atoms with Gasteiger partial charge in [0.2, 0.25) is 11.8 Å². The third kappa shape index (κ3) is 4.58. The number of rotatable bonds is 8. The number of methoxy groups -OCH3 is 1. The summed E-state index contributed by atoms with van der Waals surface area (Å²) in [4.78, 5) is 38.4. The zero-order valence-corrected chi connectivity index (χ0v) is 15.5. The number of hydrogen-bond acceptors (Lipinski definition) is 4. The van der Waals surface area contributed by atoms with E-state index in [1.807, 2.05) is 27.7 Å². The number of primary amides is 1. The quantitative estimate of drug-likeness (QED) is 0.734. The zero-order chi connectivity index (χ0) is 18.6. The Morgan fingerprint density at radius 1 is 1.21 bits per heavy atom. The maximum atomic E-state index is 13.1. The number of carbonyl (C=O) groups is 3. The van der Waals surface area contributed by atoms with Crippen LogP contribution in [0.15, 0.2) is 11.8 Å². The van der Waals surface area contributed by atoms with Crippen molar-refractivity contribution in [3.63, 3.8) is 0 Å². The largest absolute Gasteiger partial charge is 0.499 e. The summed E-state index contributed by atoms with van der Waals surface area (Å²) >= 11 is 0.